The summed E-state index contributed by atoms with van der Waals surface area (Å²) in [5, 5.41) is 31.9. The van der Waals surface area contributed by atoms with E-state index in [-0.39, 0.29) is 5.75 Å². The van der Waals surface area contributed by atoms with Gasteiger partial charge in [-0.15, -0.1) is 20.4 Å². The number of hydrogen-bond donors (Lipinski definition) is 1. The molecule has 12 aromatic rings. The van der Waals surface area contributed by atoms with Crippen molar-refractivity contribution < 1.29 is 18.7 Å². The largest absolute Gasteiger partial charge is 0.508 e. The molecule has 63 heavy (non-hydrogen) atoms. The molecule has 0 aliphatic carbocycles. The number of para-hydroxylation sites is 2. The number of hydrogen-bond acceptors (Lipinski definition) is 8. The van der Waals surface area contributed by atoms with E-state index in [9.17, 15) is 5.11 Å². The number of methoxy groups -OCH3 is 1. The molecule has 0 bridgehead atoms. The molecule has 12 rings (SSSR count). The normalized spacial score (nSPS) is 11.6. The van der Waals surface area contributed by atoms with E-state index < -0.39 is 0 Å². The Morgan fingerprint density at radius 2 is 0.810 bits per heavy atom. The zero-order chi connectivity index (χ0) is 42.0. The molecule has 8 aromatic carbocycles. The van der Waals surface area contributed by atoms with Crippen LogP contribution in [0.3, 0.4) is 0 Å². The molecular weight excluding hydrogens is 785 g/mol. The first-order valence-corrected chi connectivity index (χ1v) is 20.5. The van der Waals surface area contributed by atoms with E-state index in [2.05, 4.69) is 139 Å². The highest BCUT2D eigenvalue weighted by atomic mass is 16.5. The summed E-state index contributed by atoms with van der Waals surface area (Å²) >= 11 is 0. The van der Waals surface area contributed by atoms with Crippen molar-refractivity contribution in [2.75, 3.05) is 7.11 Å². The van der Waals surface area contributed by atoms with E-state index in [0.717, 1.165) is 67.0 Å². The number of ether oxygens (including phenoxy) is 1. The van der Waals surface area contributed by atoms with Crippen LogP contribution in [-0.4, -0.2) is 41.7 Å². The minimum atomic E-state index is 0.139. The summed E-state index contributed by atoms with van der Waals surface area (Å²) in [5.74, 6) is 2.48. The molecule has 10 heteroatoms. The first-order valence-electron chi connectivity index (χ1n) is 20.5. The second-order valence-corrected chi connectivity index (χ2v) is 15.4. The monoisotopic (exact) mass is 818 g/mol. The van der Waals surface area contributed by atoms with Crippen LogP contribution in [0.25, 0.3) is 112 Å². The van der Waals surface area contributed by atoms with Crippen molar-refractivity contribution in [3.8, 4) is 79.8 Å². The second kappa shape index (κ2) is 14.5. The van der Waals surface area contributed by atoms with Gasteiger partial charge in [-0.25, -0.2) is 0 Å². The number of phenolic OH excluding ortho intramolecular Hbond substituents is 1. The Balaban J connectivity index is 0.918. The Bertz CT molecular complexity index is 3690. The van der Waals surface area contributed by atoms with Gasteiger partial charge >= 0.3 is 0 Å². The SMILES string of the molecule is COc1cccc(-c2nnc(-c3ccc(-n4c5ccccc5c5ccc(-c6ccc7c8ccccc8n(-c8ccc(-c9nnc(-c%10cccc(O)c%10)o9)cc8)c7c6)cc54)cc3)o2)c1. The van der Waals surface area contributed by atoms with Crippen molar-refractivity contribution >= 4 is 43.6 Å². The number of aromatic hydroxyl groups is 1. The zero-order valence-electron chi connectivity index (χ0n) is 33.7. The average molecular weight is 819 g/mol. The van der Waals surface area contributed by atoms with Gasteiger partial charge in [0.05, 0.1) is 29.2 Å². The van der Waals surface area contributed by atoms with E-state index in [1.165, 1.54) is 21.5 Å². The first kappa shape index (κ1) is 36.1. The number of aromatic nitrogens is 6. The molecule has 0 saturated carbocycles. The van der Waals surface area contributed by atoms with Gasteiger partial charge in [0.15, 0.2) is 0 Å². The molecule has 4 heterocycles. The van der Waals surface area contributed by atoms with Gasteiger partial charge in [0.1, 0.15) is 11.5 Å². The number of rotatable bonds is 8. The van der Waals surface area contributed by atoms with Crippen LogP contribution >= 0.6 is 0 Å². The first-order chi connectivity index (χ1) is 31.1. The van der Waals surface area contributed by atoms with Crippen molar-refractivity contribution in [3.05, 3.63) is 182 Å². The molecular formula is C53H34N6O4. The fourth-order valence-electron chi connectivity index (χ4n) is 8.67. The Morgan fingerprint density at radius 3 is 1.30 bits per heavy atom. The molecule has 1 N–H and O–H groups in total. The third-order valence-electron chi connectivity index (χ3n) is 11.7. The summed E-state index contributed by atoms with van der Waals surface area (Å²) in [6, 6.07) is 61.3. The van der Waals surface area contributed by atoms with E-state index in [1.807, 2.05) is 54.6 Å². The predicted molar refractivity (Wildman–Crippen MR) is 246 cm³/mol. The van der Waals surface area contributed by atoms with E-state index >= 15 is 0 Å². The Kier molecular flexibility index (Phi) is 8.29. The van der Waals surface area contributed by atoms with Gasteiger partial charge in [0.2, 0.25) is 23.6 Å². The van der Waals surface area contributed by atoms with Crippen molar-refractivity contribution in [1.29, 1.82) is 0 Å². The Hall–Kier alpha value is -8.76. The second-order valence-electron chi connectivity index (χ2n) is 15.4. The Labute approximate surface area is 359 Å². The van der Waals surface area contributed by atoms with Gasteiger partial charge in [-0.3, -0.25) is 0 Å². The number of nitrogens with zero attached hydrogens (tertiary/aromatic N) is 6. The number of fused-ring (bicyclic) bond motifs is 6. The maximum atomic E-state index is 9.95. The smallest absolute Gasteiger partial charge is 0.248 e. The van der Waals surface area contributed by atoms with E-state index in [0.29, 0.717) is 29.1 Å². The fourth-order valence-corrected chi connectivity index (χ4v) is 8.67. The van der Waals surface area contributed by atoms with Crippen LogP contribution in [0.5, 0.6) is 11.5 Å². The summed E-state index contributed by atoms with van der Waals surface area (Å²) in [6.07, 6.45) is 0. The number of benzene rings is 8. The summed E-state index contributed by atoms with van der Waals surface area (Å²) in [5.41, 5.74) is 11.7. The standard InChI is InChI=1S/C53H34N6O4/c1-61-41-11-7-9-37(29-41)53-57-55-51(63-53)33-18-24-39(25-19-33)59-47-15-5-3-13-43(47)45-27-21-35(31-49(45)59)34-20-26-44-42-12-2-4-14-46(42)58(48(44)30-34)38-22-16-32(17-23-38)50-54-56-52(62-50)36-8-6-10-40(60)28-36/h2-31,60H,1H3. The molecule has 300 valence electrons. The quantitative estimate of drug-likeness (QED) is 0.161. The topological polar surface area (TPSA) is 117 Å². The molecule has 0 amide bonds. The van der Waals surface area contributed by atoms with Gasteiger partial charge in [-0.1, -0.05) is 72.8 Å². The highest BCUT2D eigenvalue weighted by molar-refractivity contribution is 6.12. The summed E-state index contributed by atoms with van der Waals surface area (Å²) in [6.45, 7) is 0. The predicted octanol–water partition coefficient (Wildman–Crippen LogP) is 12.7. The molecule has 0 saturated heterocycles. The van der Waals surface area contributed by atoms with Crippen LogP contribution in [0.15, 0.2) is 191 Å². The highest BCUT2D eigenvalue weighted by Gasteiger charge is 2.18. The van der Waals surface area contributed by atoms with Gasteiger partial charge in [0.25, 0.3) is 0 Å². The van der Waals surface area contributed by atoms with E-state index in [1.54, 1.807) is 25.3 Å². The maximum Gasteiger partial charge on any atom is 0.248 e. The zero-order valence-corrected chi connectivity index (χ0v) is 33.7. The van der Waals surface area contributed by atoms with Crippen LogP contribution < -0.4 is 4.74 Å². The number of phenols is 1. The third kappa shape index (κ3) is 6.11. The summed E-state index contributed by atoms with van der Waals surface area (Å²) < 4.78 is 22.2. The van der Waals surface area contributed by atoms with Gasteiger partial charge < -0.3 is 27.8 Å². The molecule has 0 atom stereocenters. The molecule has 0 fully saturated rings. The lowest BCUT2D eigenvalue weighted by Crippen LogP contribution is -1.95. The van der Waals surface area contributed by atoms with Crippen molar-refractivity contribution in [1.82, 2.24) is 29.5 Å². The van der Waals surface area contributed by atoms with Gasteiger partial charge in [-0.2, -0.15) is 0 Å². The summed E-state index contributed by atoms with van der Waals surface area (Å²) in [7, 11) is 1.64. The van der Waals surface area contributed by atoms with Crippen molar-refractivity contribution in [2.24, 2.45) is 0 Å². The van der Waals surface area contributed by atoms with Crippen LogP contribution in [0, 0.1) is 0 Å². The van der Waals surface area contributed by atoms with Crippen molar-refractivity contribution in [3.63, 3.8) is 0 Å². The van der Waals surface area contributed by atoms with E-state index in [4.69, 9.17) is 13.6 Å². The molecule has 0 aliphatic heterocycles. The minimum absolute atomic E-state index is 0.139. The molecule has 0 radical (unpaired) electrons. The molecule has 0 unspecified atom stereocenters. The summed E-state index contributed by atoms with van der Waals surface area (Å²) in [4.78, 5) is 0. The lowest BCUT2D eigenvalue weighted by atomic mass is 10.0. The molecule has 4 aromatic heterocycles. The highest BCUT2D eigenvalue weighted by Crippen LogP contribution is 2.39. The van der Waals surface area contributed by atoms with Crippen molar-refractivity contribution in [2.45, 2.75) is 0 Å². The van der Waals surface area contributed by atoms with Crippen LogP contribution in [0.2, 0.25) is 0 Å². The van der Waals surface area contributed by atoms with Gasteiger partial charge in [0, 0.05) is 55.2 Å². The maximum absolute atomic E-state index is 9.95. The average Bonchev–Trinajstić information content (AvgIpc) is 4.16. The van der Waals surface area contributed by atoms with Gasteiger partial charge in [-0.05, 0) is 120 Å². The van der Waals surface area contributed by atoms with Crippen LogP contribution in [0.4, 0.5) is 0 Å². The third-order valence-corrected chi connectivity index (χ3v) is 11.7. The lowest BCUT2D eigenvalue weighted by Gasteiger charge is -2.11. The molecule has 0 aliphatic rings. The minimum Gasteiger partial charge on any atom is -0.508 e. The molecule has 10 nitrogen and oxygen atoms in total. The van der Waals surface area contributed by atoms with Crippen LogP contribution in [0.1, 0.15) is 0 Å². The fraction of sp³-hybridized carbons (Fsp3) is 0.0189. The Morgan fingerprint density at radius 1 is 0.381 bits per heavy atom. The molecule has 0 spiro atoms. The lowest BCUT2D eigenvalue weighted by molar-refractivity contribution is 0.415. The van der Waals surface area contributed by atoms with Crippen LogP contribution in [-0.2, 0) is 0 Å².